The van der Waals surface area contributed by atoms with Crippen LogP contribution in [0.1, 0.15) is 20.8 Å². The predicted molar refractivity (Wildman–Crippen MR) is 98.6 cm³/mol. The van der Waals surface area contributed by atoms with Crippen LogP contribution in [0.2, 0.25) is 15.1 Å². The van der Waals surface area contributed by atoms with Crippen LogP contribution < -0.4 is 4.74 Å². The van der Waals surface area contributed by atoms with Gasteiger partial charge in [-0.3, -0.25) is 4.57 Å². The molecule has 0 saturated heterocycles. The van der Waals surface area contributed by atoms with E-state index < -0.39 is 0 Å². The van der Waals surface area contributed by atoms with E-state index in [-0.39, 0.29) is 20.1 Å². The first kappa shape index (κ1) is 20.6. The van der Waals surface area contributed by atoms with E-state index in [9.17, 15) is 4.79 Å². The van der Waals surface area contributed by atoms with Gasteiger partial charge in [0.05, 0.1) is 16.6 Å². The zero-order chi connectivity index (χ0) is 16.8. The minimum Gasteiger partial charge on any atom is -0.489 e. The van der Waals surface area contributed by atoms with Gasteiger partial charge in [-0.2, -0.15) is 0 Å². The zero-order valence-electron chi connectivity index (χ0n) is 12.5. The van der Waals surface area contributed by atoms with Crippen LogP contribution in [0.15, 0.2) is 30.9 Å². The summed E-state index contributed by atoms with van der Waals surface area (Å²) in [7, 11) is 0. The first-order valence-corrected chi connectivity index (χ1v) is 8.21. The second kappa shape index (κ2) is 9.77. The van der Waals surface area contributed by atoms with Gasteiger partial charge in [-0.05, 0) is 18.6 Å². The number of hydrogen-bond donors (Lipinski definition) is 0. The van der Waals surface area contributed by atoms with Gasteiger partial charge in [0, 0.05) is 24.0 Å². The summed E-state index contributed by atoms with van der Waals surface area (Å²) >= 11 is 18.0. The van der Waals surface area contributed by atoms with Crippen molar-refractivity contribution in [3.63, 3.8) is 0 Å². The lowest BCUT2D eigenvalue weighted by molar-refractivity contribution is 0.184. The van der Waals surface area contributed by atoms with E-state index in [4.69, 9.17) is 39.5 Å². The molecule has 0 bridgehead atoms. The monoisotopic (exact) mass is 391 g/mol. The van der Waals surface area contributed by atoms with Crippen molar-refractivity contribution in [3.05, 3.63) is 45.9 Å². The largest absolute Gasteiger partial charge is 0.489 e. The molecule has 132 valence electrons. The molecule has 0 N–H and O–H groups in total. The second-order valence-electron chi connectivity index (χ2n) is 4.79. The number of ether oxygens (including phenoxy) is 1. The van der Waals surface area contributed by atoms with Crippen molar-refractivity contribution >= 4 is 40.8 Å². The molecule has 2 rings (SSSR count). The van der Waals surface area contributed by atoms with Crippen LogP contribution in [0, 0.1) is 0 Å². The molecule has 0 spiro atoms. The van der Waals surface area contributed by atoms with Crippen molar-refractivity contribution in [1.82, 2.24) is 14.5 Å². The molecule has 8 heteroatoms. The highest BCUT2D eigenvalue weighted by atomic mass is 35.5. The van der Waals surface area contributed by atoms with Crippen molar-refractivity contribution in [2.24, 2.45) is 0 Å². The van der Waals surface area contributed by atoms with E-state index in [2.05, 4.69) is 4.98 Å². The molecule has 0 aliphatic carbocycles. The SMILES string of the molecule is C.CCCN(CCOc1c(Cl)cc(Cl)cc1Cl)C(=O)n1ccnc1. The van der Waals surface area contributed by atoms with E-state index in [1.165, 1.54) is 10.9 Å². The Labute approximate surface area is 157 Å². The van der Waals surface area contributed by atoms with Crippen LogP contribution in [0.3, 0.4) is 0 Å². The van der Waals surface area contributed by atoms with Crippen LogP contribution >= 0.6 is 34.8 Å². The van der Waals surface area contributed by atoms with Gasteiger partial charge in [0.25, 0.3) is 0 Å². The van der Waals surface area contributed by atoms with Crippen molar-refractivity contribution in [2.45, 2.75) is 20.8 Å². The number of imidazole rings is 1. The van der Waals surface area contributed by atoms with Gasteiger partial charge in [-0.15, -0.1) is 0 Å². The van der Waals surface area contributed by atoms with E-state index in [0.29, 0.717) is 33.9 Å². The maximum atomic E-state index is 12.3. The first-order chi connectivity index (χ1) is 11.0. The molecule has 5 nitrogen and oxygen atoms in total. The molecule has 1 heterocycles. The van der Waals surface area contributed by atoms with Crippen LogP contribution in [0.25, 0.3) is 0 Å². The molecule has 1 aromatic heterocycles. The molecule has 0 fully saturated rings. The van der Waals surface area contributed by atoms with Gasteiger partial charge in [0.15, 0.2) is 5.75 Å². The molecule has 0 radical (unpaired) electrons. The molecule has 1 amide bonds. The minimum absolute atomic E-state index is 0. The van der Waals surface area contributed by atoms with Gasteiger partial charge in [0.1, 0.15) is 12.9 Å². The molecular formula is C16H20Cl3N3O2. The van der Waals surface area contributed by atoms with Gasteiger partial charge in [-0.25, -0.2) is 9.78 Å². The topological polar surface area (TPSA) is 47.4 Å². The number of hydrogen-bond acceptors (Lipinski definition) is 3. The molecule has 0 atom stereocenters. The summed E-state index contributed by atoms with van der Waals surface area (Å²) < 4.78 is 7.05. The standard InChI is InChI=1S/C15H16Cl3N3O2.CH4/c1-2-4-20(15(22)21-5-3-19-10-21)6-7-23-14-12(17)8-11(16)9-13(14)18;/h3,5,8-10H,2,4,6-7H2,1H3;1H4. The Morgan fingerprint density at radius 2 is 1.92 bits per heavy atom. The quantitative estimate of drug-likeness (QED) is 0.675. The smallest absolute Gasteiger partial charge is 0.329 e. The summed E-state index contributed by atoms with van der Waals surface area (Å²) in [6, 6.07) is 2.97. The maximum absolute atomic E-state index is 12.3. The van der Waals surface area contributed by atoms with Crippen molar-refractivity contribution in [3.8, 4) is 5.75 Å². The summed E-state index contributed by atoms with van der Waals surface area (Å²) in [6.07, 6.45) is 5.48. The highest BCUT2D eigenvalue weighted by Crippen LogP contribution is 2.35. The summed E-state index contributed by atoms with van der Waals surface area (Å²) in [5.74, 6) is 0.365. The summed E-state index contributed by atoms with van der Waals surface area (Å²) in [6.45, 7) is 3.28. The summed E-state index contributed by atoms with van der Waals surface area (Å²) in [4.78, 5) is 17.9. The second-order valence-corrected chi connectivity index (χ2v) is 6.04. The molecular weight excluding hydrogens is 373 g/mol. The van der Waals surface area contributed by atoms with Gasteiger partial charge < -0.3 is 9.64 Å². The first-order valence-electron chi connectivity index (χ1n) is 7.07. The van der Waals surface area contributed by atoms with E-state index in [0.717, 1.165) is 6.42 Å². The molecule has 2 aromatic rings. The molecule has 1 aromatic carbocycles. The number of nitrogens with zero attached hydrogens (tertiary/aromatic N) is 3. The van der Waals surface area contributed by atoms with Crippen LogP contribution in [-0.2, 0) is 0 Å². The zero-order valence-corrected chi connectivity index (χ0v) is 14.8. The number of carbonyl (C=O) groups excluding carboxylic acids is 1. The number of rotatable bonds is 6. The molecule has 24 heavy (non-hydrogen) atoms. The Balaban J connectivity index is 0.00000288. The van der Waals surface area contributed by atoms with Crippen molar-refractivity contribution in [2.75, 3.05) is 19.7 Å². The highest BCUT2D eigenvalue weighted by molar-refractivity contribution is 6.40. The lowest BCUT2D eigenvalue weighted by Gasteiger charge is -2.22. The molecule has 0 unspecified atom stereocenters. The minimum atomic E-state index is -0.152. The predicted octanol–water partition coefficient (Wildman–Crippen LogP) is 5.24. The molecule has 0 aliphatic heterocycles. The summed E-state index contributed by atoms with van der Waals surface area (Å²) in [5, 5.41) is 1.12. The Morgan fingerprint density at radius 3 is 2.46 bits per heavy atom. The number of amides is 1. The van der Waals surface area contributed by atoms with Gasteiger partial charge in [0.2, 0.25) is 0 Å². The lowest BCUT2D eigenvalue weighted by atomic mass is 10.3. The summed E-state index contributed by atoms with van der Waals surface area (Å²) in [5.41, 5.74) is 0. The lowest BCUT2D eigenvalue weighted by Crippen LogP contribution is -2.37. The van der Waals surface area contributed by atoms with Crippen molar-refractivity contribution < 1.29 is 9.53 Å². The Kier molecular flexibility index (Phi) is 8.39. The number of carbonyl (C=O) groups is 1. The number of halogens is 3. The Hall–Kier alpha value is -1.43. The number of benzene rings is 1. The fourth-order valence-corrected chi connectivity index (χ4v) is 2.96. The molecule has 0 saturated carbocycles. The van der Waals surface area contributed by atoms with Crippen LogP contribution in [0.4, 0.5) is 4.79 Å². The highest BCUT2D eigenvalue weighted by Gasteiger charge is 2.15. The third-order valence-corrected chi connectivity index (χ3v) is 3.84. The average Bonchev–Trinajstić information content (AvgIpc) is 3.02. The van der Waals surface area contributed by atoms with Crippen molar-refractivity contribution in [1.29, 1.82) is 0 Å². The fourth-order valence-electron chi connectivity index (χ4n) is 2.03. The van der Waals surface area contributed by atoms with E-state index in [1.807, 2.05) is 6.92 Å². The third kappa shape index (κ3) is 5.30. The maximum Gasteiger partial charge on any atom is 0.329 e. The van der Waals surface area contributed by atoms with Gasteiger partial charge >= 0.3 is 6.03 Å². The van der Waals surface area contributed by atoms with Crippen LogP contribution in [0.5, 0.6) is 5.75 Å². The molecule has 0 aliphatic rings. The number of aromatic nitrogens is 2. The Bertz CT molecular complexity index is 640. The van der Waals surface area contributed by atoms with Gasteiger partial charge in [-0.1, -0.05) is 49.2 Å². The average molecular weight is 393 g/mol. The third-order valence-electron chi connectivity index (χ3n) is 3.06. The normalized spacial score (nSPS) is 10.2. The van der Waals surface area contributed by atoms with E-state index >= 15 is 0 Å². The van der Waals surface area contributed by atoms with E-state index in [1.54, 1.807) is 29.4 Å². The van der Waals surface area contributed by atoms with Crippen LogP contribution in [-0.4, -0.2) is 40.2 Å². The Morgan fingerprint density at radius 1 is 1.25 bits per heavy atom. The fraction of sp³-hybridized carbons (Fsp3) is 0.375.